The van der Waals surface area contributed by atoms with Gasteiger partial charge < -0.3 is 10.1 Å². The third-order valence-corrected chi connectivity index (χ3v) is 4.14. The molecule has 2 nitrogen and oxygen atoms in total. The van der Waals surface area contributed by atoms with Crippen molar-refractivity contribution in [2.24, 2.45) is 0 Å². The molecule has 1 aromatic rings. The van der Waals surface area contributed by atoms with Gasteiger partial charge in [0.25, 0.3) is 0 Å². The standard InChI is InChI=1S/C14H20BrClFNO/c1-3-18-12(6-5-9-19-4-2)10-7-8-11(15)13(16)14(10)17/h7-8,12,18H,3-6,9H2,1-2H3. The van der Waals surface area contributed by atoms with Crippen molar-refractivity contribution >= 4 is 27.5 Å². The second-order valence-corrected chi connectivity index (χ2v) is 5.45. The fraction of sp³-hybridized carbons (Fsp3) is 0.571. The summed E-state index contributed by atoms with van der Waals surface area (Å²) in [6.45, 7) is 6.17. The molecule has 0 spiro atoms. The van der Waals surface area contributed by atoms with E-state index in [2.05, 4.69) is 21.2 Å². The van der Waals surface area contributed by atoms with Gasteiger partial charge in [0, 0.05) is 29.3 Å². The zero-order valence-electron chi connectivity index (χ0n) is 11.3. The second-order valence-electron chi connectivity index (χ2n) is 4.21. The van der Waals surface area contributed by atoms with Crippen molar-refractivity contribution in [2.45, 2.75) is 32.7 Å². The van der Waals surface area contributed by atoms with Gasteiger partial charge in [-0.05, 0) is 48.3 Å². The van der Waals surface area contributed by atoms with Gasteiger partial charge in [-0.2, -0.15) is 0 Å². The minimum absolute atomic E-state index is 0.0314. The highest BCUT2D eigenvalue weighted by Gasteiger charge is 2.18. The minimum Gasteiger partial charge on any atom is -0.382 e. The van der Waals surface area contributed by atoms with E-state index in [-0.39, 0.29) is 16.9 Å². The molecule has 0 aliphatic rings. The maximum atomic E-state index is 14.2. The molecule has 0 aromatic heterocycles. The van der Waals surface area contributed by atoms with E-state index in [1.807, 2.05) is 13.8 Å². The number of rotatable bonds is 8. The zero-order valence-corrected chi connectivity index (χ0v) is 13.7. The van der Waals surface area contributed by atoms with Gasteiger partial charge in [0.2, 0.25) is 0 Å². The first-order valence-electron chi connectivity index (χ1n) is 6.56. The van der Waals surface area contributed by atoms with E-state index in [1.165, 1.54) is 0 Å². The van der Waals surface area contributed by atoms with Crippen LogP contribution in [-0.2, 0) is 4.74 Å². The number of benzene rings is 1. The van der Waals surface area contributed by atoms with Gasteiger partial charge in [-0.25, -0.2) is 4.39 Å². The molecule has 0 fully saturated rings. The number of hydrogen-bond donors (Lipinski definition) is 1. The predicted molar refractivity (Wildman–Crippen MR) is 81.3 cm³/mol. The van der Waals surface area contributed by atoms with E-state index in [0.29, 0.717) is 23.2 Å². The topological polar surface area (TPSA) is 21.3 Å². The Morgan fingerprint density at radius 3 is 2.79 bits per heavy atom. The van der Waals surface area contributed by atoms with Crippen LogP contribution >= 0.6 is 27.5 Å². The summed E-state index contributed by atoms with van der Waals surface area (Å²) in [4.78, 5) is 0. The lowest BCUT2D eigenvalue weighted by Crippen LogP contribution is -2.22. The predicted octanol–water partition coefficient (Wildman–Crippen LogP) is 4.71. The van der Waals surface area contributed by atoms with Crippen LogP contribution < -0.4 is 5.32 Å². The van der Waals surface area contributed by atoms with Crippen molar-refractivity contribution in [1.29, 1.82) is 0 Å². The van der Waals surface area contributed by atoms with E-state index in [1.54, 1.807) is 12.1 Å². The summed E-state index contributed by atoms with van der Waals surface area (Å²) in [6, 6.07) is 3.53. The SMILES string of the molecule is CCNC(CCCOCC)c1ccc(Br)c(Cl)c1F. The molecule has 1 atom stereocenters. The molecule has 0 saturated carbocycles. The Hall–Kier alpha value is -0.160. The molecule has 0 saturated heterocycles. The molecule has 1 rings (SSSR count). The quantitative estimate of drug-likeness (QED) is 0.540. The van der Waals surface area contributed by atoms with Crippen LogP contribution in [0.3, 0.4) is 0 Å². The molecular formula is C14H20BrClFNO. The first kappa shape index (κ1) is 16.9. The molecule has 0 aliphatic carbocycles. The number of hydrogen-bond acceptors (Lipinski definition) is 2. The Morgan fingerprint density at radius 1 is 1.42 bits per heavy atom. The molecule has 0 radical (unpaired) electrons. The van der Waals surface area contributed by atoms with Crippen LogP contribution in [0.25, 0.3) is 0 Å². The molecule has 5 heteroatoms. The third kappa shape index (κ3) is 5.03. The van der Waals surface area contributed by atoms with Crippen LogP contribution in [0.1, 0.15) is 38.3 Å². The van der Waals surface area contributed by atoms with Gasteiger partial charge in [-0.15, -0.1) is 0 Å². The zero-order chi connectivity index (χ0) is 14.3. The van der Waals surface area contributed by atoms with Crippen molar-refractivity contribution in [2.75, 3.05) is 19.8 Å². The lowest BCUT2D eigenvalue weighted by Gasteiger charge is -2.19. The molecule has 1 unspecified atom stereocenters. The normalized spacial score (nSPS) is 12.7. The summed E-state index contributed by atoms with van der Waals surface area (Å²) in [5.74, 6) is -0.349. The van der Waals surface area contributed by atoms with Gasteiger partial charge >= 0.3 is 0 Å². The Kier molecular flexibility index (Phi) is 7.91. The van der Waals surface area contributed by atoms with Gasteiger partial charge in [0.1, 0.15) is 5.82 Å². The van der Waals surface area contributed by atoms with Crippen LogP contribution in [0.4, 0.5) is 4.39 Å². The maximum absolute atomic E-state index is 14.2. The molecule has 0 amide bonds. The average molecular weight is 353 g/mol. The second kappa shape index (κ2) is 8.90. The minimum atomic E-state index is -0.349. The van der Waals surface area contributed by atoms with E-state index in [4.69, 9.17) is 16.3 Å². The molecular weight excluding hydrogens is 333 g/mol. The fourth-order valence-corrected chi connectivity index (χ4v) is 2.44. The highest BCUT2D eigenvalue weighted by Crippen LogP contribution is 2.31. The van der Waals surface area contributed by atoms with Crippen molar-refractivity contribution in [3.63, 3.8) is 0 Å². The van der Waals surface area contributed by atoms with Crippen molar-refractivity contribution in [1.82, 2.24) is 5.32 Å². The molecule has 0 heterocycles. The largest absolute Gasteiger partial charge is 0.382 e. The average Bonchev–Trinajstić information content (AvgIpc) is 2.40. The van der Waals surface area contributed by atoms with Gasteiger partial charge in [-0.1, -0.05) is 24.6 Å². The van der Waals surface area contributed by atoms with E-state index in [0.717, 1.165) is 19.4 Å². The summed E-state index contributed by atoms with van der Waals surface area (Å²) in [5, 5.41) is 3.44. The van der Waals surface area contributed by atoms with Crippen LogP contribution in [0, 0.1) is 5.82 Å². The number of nitrogens with one attached hydrogen (secondary N) is 1. The van der Waals surface area contributed by atoms with Crippen LogP contribution in [0.5, 0.6) is 0 Å². The smallest absolute Gasteiger partial charge is 0.147 e. The summed E-state index contributed by atoms with van der Waals surface area (Å²) in [6.07, 6.45) is 1.71. The Morgan fingerprint density at radius 2 is 2.16 bits per heavy atom. The Balaban J connectivity index is 2.78. The Labute approximate surface area is 127 Å². The maximum Gasteiger partial charge on any atom is 0.147 e. The van der Waals surface area contributed by atoms with Crippen LogP contribution in [0.15, 0.2) is 16.6 Å². The van der Waals surface area contributed by atoms with Crippen molar-refractivity contribution in [3.8, 4) is 0 Å². The Bertz CT molecular complexity index is 403. The molecule has 19 heavy (non-hydrogen) atoms. The monoisotopic (exact) mass is 351 g/mol. The number of halogens is 3. The van der Waals surface area contributed by atoms with Gasteiger partial charge in [0.05, 0.1) is 5.02 Å². The summed E-state index contributed by atoms with van der Waals surface area (Å²) in [7, 11) is 0. The van der Waals surface area contributed by atoms with Crippen molar-refractivity contribution in [3.05, 3.63) is 33.0 Å². The van der Waals surface area contributed by atoms with Crippen molar-refractivity contribution < 1.29 is 9.13 Å². The van der Waals surface area contributed by atoms with E-state index >= 15 is 0 Å². The lowest BCUT2D eigenvalue weighted by atomic mass is 10.0. The molecule has 0 aliphatic heterocycles. The van der Waals surface area contributed by atoms with E-state index < -0.39 is 0 Å². The van der Waals surface area contributed by atoms with Gasteiger partial charge in [0.15, 0.2) is 0 Å². The summed E-state index contributed by atoms with van der Waals surface area (Å²) >= 11 is 9.17. The molecule has 1 N–H and O–H groups in total. The van der Waals surface area contributed by atoms with Crippen LogP contribution in [-0.4, -0.2) is 19.8 Å². The first-order chi connectivity index (χ1) is 9.11. The highest BCUT2D eigenvalue weighted by molar-refractivity contribution is 9.10. The first-order valence-corrected chi connectivity index (χ1v) is 7.73. The molecule has 1 aromatic carbocycles. The lowest BCUT2D eigenvalue weighted by molar-refractivity contribution is 0.140. The molecule has 108 valence electrons. The fourth-order valence-electron chi connectivity index (χ4n) is 1.96. The molecule has 0 bridgehead atoms. The summed E-state index contributed by atoms with van der Waals surface area (Å²) < 4.78 is 20.1. The van der Waals surface area contributed by atoms with Gasteiger partial charge in [-0.3, -0.25) is 0 Å². The van der Waals surface area contributed by atoms with Crippen LogP contribution in [0.2, 0.25) is 5.02 Å². The highest BCUT2D eigenvalue weighted by atomic mass is 79.9. The van der Waals surface area contributed by atoms with E-state index in [9.17, 15) is 4.39 Å². The summed E-state index contributed by atoms with van der Waals surface area (Å²) in [5.41, 5.74) is 0.617. The number of ether oxygens (including phenoxy) is 1. The third-order valence-electron chi connectivity index (χ3n) is 2.88.